The summed E-state index contributed by atoms with van der Waals surface area (Å²) in [5.41, 5.74) is 6.48. The zero-order chi connectivity index (χ0) is 15.5. The quantitative estimate of drug-likeness (QED) is 0.787. The highest BCUT2D eigenvalue weighted by Gasteiger charge is 2.24. The summed E-state index contributed by atoms with van der Waals surface area (Å²) in [4.78, 5) is 0.140. The van der Waals surface area contributed by atoms with Crippen LogP contribution in [-0.2, 0) is 14.8 Å². The van der Waals surface area contributed by atoms with Crippen LogP contribution in [0.15, 0.2) is 17.0 Å². The van der Waals surface area contributed by atoms with Crippen LogP contribution in [0, 0.1) is 12.8 Å². The number of hydrogen-bond donors (Lipinski definition) is 2. The number of nitrogen functional groups attached to an aromatic ring is 1. The Hall–Kier alpha value is -0.820. The van der Waals surface area contributed by atoms with E-state index < -0.39 is 10.0 Å². The molecular formula is C13H21ClN2O3S. The van der Waals surface area contributed by atoms with Gasteiger partial charge < -0.3 is 10.5 Å². The third-order valence-electron chi connectivity index (χ3n) is 3.04. The predicted molar refractivity (Wildman–Crippen MR) is 81.4 cm³/mol. The molecule has 0 radical (unpaired) electrons. The standard InChI is InChI=1S/C13H21ClN2O3S/c1-8(2)12(7-19-4)16-20(17,18)13-6-11(15)10(14)5-9(13)3/h5-6,8,12,16H,7,15H2,1-4H3. The first-order chi connectivity index (χ1) is 9.19. The van der Waals surface area contributed by atoms with Crippen LogP contribution in [0.4, 0.5) is 5.69 Å². The fourth-order valence-corrected chi connectivity index (χ4v) is 3.61. The average molecular weight is 321 g/mol. The summed E-state index contributed by atoms with van der Waals surface area (Å²) in [6.45, 7) is 5.84. The van der Waals surface area contributed by atoms with Crippen molar-refractivity contribution in [2.45, 2.75) is 31.7 Å². The van der Waals surface area contributed by atoms with Crippen LogP contribution in [0.25, 0.3) is 0 Å². The summed E-state index contributed by atoms with van der Waals surface area (Å²) in [6.07, 6.45) is 0. The van der Waals surface area contributed by atoms with Crippen LogP contribution in [0.5, 0.6) is 0 Å². The van der Waals surface area contributed by atoms with Gasteiger partial charge in [-0.1, -0.05) is 25.4 Å². The van der Waals surface area contributed by atoms with Crippen molar-refractivity contribution in [1.29, 1.82) is 0 Å². The SMILES string of the molecule is COCC(NS(=O)(=O)c1cc(N)c(Cl)cc1C)C(C)C. The highest BCUT2D eigenvalue weighted by atomic mass is 35.5. The topological polar surface area (TPSA) is 81.4 Å². The van der Waals surface area contributed by atoms with E-state index in [1.807, 2.05) is 13.8 Å². The molecule has 1 unspecified atom stereocenters. The molecule has 0 bridgehead atoms. The fraction of sp³-hybridized carbons (Fsp3) is 0.538. The van der Waals surface area contributed by atoms with E-state index in [4.69, 9.17) is 22.1 Å². The van der Waals surface area contributed by atoms with Crippen LogP contribution < -0.4 is 10.5 Å². The Morgan fingerprint density at radius 1 is 1.40 bits per heavy atom. The summed E-state index contributed by atoms with van der Waals surface area (Å²) in [7, 11) is -2.13. The van der Waals surface area contributed by atoms with Crippen LogP contribution >= 0.6 is 11.6 Å². The molecule has 0 fully saturated rings. The molecule has 0 aromatic heterocycles. The fourth-order valence-electron chi connectivity index (χ4n) is 1.76. The first kappa shape index (κ1) is 17.2. The van der Waals surface area contributed by atoms with Crippen molar-refractivity contribution in [3.63, 3.8) is 0 Å². The van der Waals surface area contributed by atoms with Gasteiger partial charge in [-0.15, -0.1) is 0 Å². The molecule has 0 heterocycles. The molecule has 5 nitrogen and oxygen atoms in total. The number of sulfonamides is 1. The lowest BCUT2D eigenvalue weighted by Gasteiger charge is -2.22. The minimum absolute atomic E-state index is 0.106. The van der Waals surface area contributed by atoms with Gasteiger partial charge in [-0.05, 0) is 30.5 Å². The first-order valence-electron chi connectivity index (χ1n) is 6.26. The zero-order valence-electron chi connectivity index (χ0n) is 12.1. The van der Waals surface area contributed by atoms with Crippen molar-refractivity contribution in [1.82, 2.24) is 4.72 Å². The molecule has 7 heteroatoms. The van der Waals surface area contributed by atoms with Gasteiger partial charge in [0.05, 0.1) is 22.2 Å². The summed E-state index contributed by atoms with van der Waals surface area (Å²) in [5, 5.41) is 0.346. The summed E-state index contributed by atoms with van der Waals surface area (Å²) in [6, 6.07) is 2.62. The predicted octanol–water partition coefficient (Wildman–Crippen LogP) is 2.18. The molecule has 0 spiro atoms. The van der Waals surface area contributed by atoms with Gasteiger partial charge in [0, 0.05) is 13.2 Å². The second-order valence-electron chi connectivity index (χ2n) is 5.07. The van der Waals surface area contributed by atoms with Crippen molar-refractivity contribution in [3.8, 4) is 0 Å². The van der Waals surface area contributed by atoms with Crippen LogP contribution in [0.3, 0.4) is 0 Å². The third-order valence-corrected chi connectivity index (χ3v) is 5.00. The largest absolute Gasteiger partial charge is 0.397 e. The molecule has 0 saturated heterocycles. The Labute approximate surface area is 125 Å². The van der Waals surface area contributed by atoms with Crippen molar-refractivity contribution >= 4 is 27.3 Å². The number of ether oxygens (including phenoxy) is 1. The molecule has 20 heavy (non-hydrogen) atoms. The maximum atomic E-state index is 12.4. The van der Waals surface area contributed by atoms with Gasteiger partial charge >= 0.3 is 0 Å². The number of hydrogen-bond acceptors (Lipinski definition) is 4. The van der Waals surface area contributed by atoms with E-state index >= 15 is 0 Å². The second-order valence-corrected chi connectivity index (χ2v) is 7.16. The molecule has 0 aliphatic carbocycles. The van der Waals surface area contributed by atoms with Gasteiger partial charge in [-0.3, -0.25) is 0 Å². The van der Waals surface area contributed by atoms with Crippen molar-refractivity contribution in [2.75, 3.05) is 19.5 Å². The lowest BCUT2D eigenvalue weighted by molar-refractivity contribution is 0.157. The minimum Gasteiger partial charge on any atom is -0.397 e. The Balaban J connectivity index is 3.13. The van der Waals surface area contributed by atoms with E-state index in [0.29, 0.717) is 17.2 Å². The van der Waals surface area contributed by atoms with E-state index in [1.54, 1.807) is 13.0 Å². The number of halogens is 1. The molecule has 3 N–H and O–H groups in total. The third kappa shape index (κ3) is 4.09. The molecule has 0 saturated carbocycles. The number of aryl methyl sites for hydroxylation is 1. The normalized spacial score (nSPS) is 13.7. The number of methoxy groups -OCH3 is 1. The van der Waals surface area contributed by atoms with Crippen molar-refractivity contribution in [2.24, 2.45) is 5.92 Å². The van der Waals surface area contributed by atoms with E-state index in [1.165, 1.54) is 13.2 Å². The summed E-state index contributed by atoms with van der Waals surface area (Å²) < 4.78 is 32.6. The van der Waals surface area contributed by atoms with E-state index in [9.17, 15) is 8.42 Å². The van der Waals surface area contributed by atoms with Gasteiger partial charge in [-0.2, -0.15) is 0 Å². The zero-order valence-corrected chi connectivity index (χ0v) is 13.7. The van der Waals surface area contributed by atoms with E-state index in [-0.39, 0.29) is 22.5 Å². The number of nitrogens with one attached hydrogen (secondary N) is 1. The van der Waals surface area contributed by atoms with Crippen LogP contribution in [0.1, 0.15) is 19.4 Å². The number of nitrogens with two attached hydrogens (primary N) is 1. The lowest BCUT2D eigenvalue weighted by atomic mass is 10.1. The number of benzene rings is 1. The van der Waals surface area contributed by atoms with Crippen molar-refractivity contribution in [3.05, 3.63) is 22.7 Å². The van der Waals surface area contributed by atoms with Gasteiger partial charge in [-0.25, -0.2) is 13.1 Å². The minimum atomic E-state index is -3.67. The van der Waals surface area contributed by atoms with Gasteiger partial charge in [0.1, 0.15) is 0 Å². The molecule has 1 rings (SSSR count). The summed E-state index contributed by atoms with van der Waals surface area (Å²) >= 11 is 5.88. The maximum Gasteiger partial charge on any atom is 0.241 e. The molecule has 1 atom stereocenters. The Bertz CT molecular complexity index is 573. The van der Waals surface area contributed by atoms with Crippen LogP contribution in [0.2, 0.25) is 5.02 Å². The van der Waals surface area contributed by atoms with Gasteiger partial charge in [0.15, 0.2) is 0 Å². The molecule has 1 aromatic carbocycles. The lowest BCUT2D eigenvalue weighted by Crippen LogP contribution is -2.41. The van der Waals surface area contributed by atoms with E-state index in [0.717, 1.165) is 0 Å². The molecule has 114 valence electrons. The molecular weight excluding hydrogens is 300 g/mol. The first-order valence-corrected chi connectivity index (χ1v) is 8.12. The maximum absolute atomic E-state index is 12.4. The average Bonchev–Trinajstić information content (AvgIpc) is 2.32. The smallest absolute Gasteiger partial charge is 0.241 e. The second kappa shape index (κ2) is 6.76. The monoisotopic (exact) mass is 320 g/mol. The Kier molecular flexibility index (Phi) is 5.82. The molecule has 0 amide bonds. The highest BCUT2D eigenvalue weighted by Crippen LogP contribution is 2.26. The van der Waals surface area contributed by atoms with E-state index in [2.05, 4.69) is 4.72 Å². The Morgan fingerprint density at radius 2 is 2.00 bits per heavy atom. The number of anilines is 1. The van der Waals surface area contributed by atoms with Crippen molar-refractivity contribution < 1.29 is 13.2 Å². The Morgan fingerprint density at radius 3 is 2.50 bits per heavy atom. The van der Waals surface area contributed by atoms with Gasteiger partial charge in [0.25, 0.3) is 0 Å². The molecule has 1 aromatic rings. The van der Waals surface area contributed by atoms with Crippen LogP contribution in [-0.4, -0.2) is 28.2 Å². The molecule has 0 aliphatic heterocycles. The highest BCUT2D eigenvalue weighted by molar-refractivity contribution is 7.89. The number of rotatable bonds is 6. The summed E-state index contributed by atoms with van der Waals surface area (Å²) in [5.74, 6) is 0.106. The molecule has 0 aliphatic rings. The van der Waals surface area contributed by atoms with Gasteiger partial charge in [0.2, 0.25) is 10.0 Å².